The molecule has 0 aliphatic heterocycles. The molecule has 0 fully saturated rings. The summed E-state index contributed by atoms with van der Waals surface area (Å²) in [7, 11) is 1.82. The minimum Gasteiger partial charge on any atom is -0.387 e. The number of rotatable bonds is 5. The maximum Gasteiger partial charge on any atom is 0.253 e. The Morgan fingerprint density at radius 1 is 1.26 bits per heavy atom. The van der Waals surface area contributed by atoms with Crippen LogP contribution in [0.25, 0.3) is 0 Å². The van der Waals surface area contributed by atoms with Gasteiger partial charge < -0.3 is 10.6 Å². The van der Waals surface area contributed by atoms with E-state index in [1.165, 1.54) is 4.88 Å². The molecular formula is C15H18N2OS. The number of hydrogen-bond acceptors (Lipinski definition) is 3. The third-order valence-corrected chi connectivity index (χ3v) is 3.80. The van der Waals surface area contributed by atoms with Gasteiger partial charge in [-0.15, -0.1) is 11.3 Å². The number of anilines is 1. The van der Waals surface area contributed by atoms with Gasteiger partial charge in [-0.1, -0.05) is 18.2 Å². The van der Waals surface area contributed by atoms with Crippen LogP contribution in [-0.2, 0) is 6.42 Å². The molecule has 0 aliphatic rings. The van der Waals surface area contributed by atoms with Gasteiger partial charge in [0, 0.05) is 30.1 Å². The number of amides is 1. The molecule has 1 aromatic carbocycles. The standard InChI is InChI=1S/C15H18N2OS/c1-11(10-12-6-5-9-19-12)17-15(18)13-7-3-4-8-14(13)16-2/h3-9,11,16H,10H2,1-2H3,(H,17,18). The first-order valence-electron chi connectivity index (χ1n) is 6.30. The van der Waals surface area contributed by atoms with Gasteiger partial charge in [-0.05, 0) is 30.5 Å². The predicted molar refractivity (Wildman–Crippen MR) is 80.9 cm³/mol. The van der Waals surface area contributed by atoms with Crippen LogP contribution in [0.4, 0.5) is 5.69 Å². The van der Waals surface area contributed by atoms with E-state index in [0.29, 0.717) is 5.56 Å². The van der Waals surface area contributed by atoms with E-state index in [4.69, 9.17) is 0 Å². The van der Waals surface area contributed by atoms with Crippen molar-refractivity contribution in [3.8, 4) is 0 Å². The molecule has 4 heteroatoms. The molecule has 100 valence electrons. The van der Waals surface area contributed by atoms with Crippen molar-refractivity contribution in [1.82, 2.24) is 5.32 Å². The Labute approximate surface area is 117 Å². The van der Waals surface area contributed by atoms with E-state index in [0.717, 1.165) is 12.1 Å². The first kappa shape index (κ1) is 13.6. The molecule has 0 saturated carbocycles. The van der Waals surface area contributed by atoms with Gasteiger partial charge in [-0.3, -0.25) is 4.79 Å². The highest BCUT2D eigenvalue weighted by Crippen LogP contribution is 2.15. The van der Waals surface area contributed by atoms with Gasteiger partial charge in [-0.25, -0.2) is 0 Å². The molecular weight excluding hydrogens is 256 g/mol. The second-order valence-corrected chi connectivity index (χ2v) is 5.49. The minimum absolute atomic E-state index is 0.0333. The lowest BCUT2D eigenvalue weighted by molar-refractivity contribution is 0.0941. The molecule has 0 bridgehead atoms. The van der Waals surface area contributed by atoms with Gasteiger partial charge in [0.2, 0.25) is 0 Å². The van der Waals surface area contributed by atoms with Gasteiger partial charge in [0.25, 0.3) is 5.91 Å². The van der Waals surface area contributed by atoms with Crippen molar-refractivity contribution in [3.05, 3.63) is 52.2 Å². The Balaban J connectivity index is 2.00. The SMILES string of the molecule is CNc1ccccc1C(=O)NC(C)Cc1cccs1. The quantitative estimate of drug-likeness (QED) is 0.879. The Bertz CT molecular complexity index is 537. The monoisotopic (exact) mass is 274 g/mol. The molecule has 3 nitrogen and oxygen atoms in total. The van der Waals surface area contributed by atoms with E-state index in [1.54, 1.807) is 11.3 Å². The van der Waals surface area contributed by atoms with E-state index >= 15 is 0 Å². The van der Waals surface area contributed by atoms with Gasteiger partial charge in [0.05, 0.1) is 5.56 Å². The zero-order valence-electron chi connectivity index (χ0n) is 11.1. The van der Waals surface area contributed by atoms with Crippen LogP contribution in [0.2, 0.25) is 0 Å². The molecule has 1 amide bonds. The molecule has 2 rings (SSSR count). The van der Waals surface area contributed by atoms with Crippen molar-refractivity contribution in [3.63, 3.8) is 0 Å². The van der Waals surface area contributed by atoms with Crippen molar-refractivity contribution >= 4 is 22.9 Å². The van der Waals surface area contributed by atoms with Crippen molar-refractivity contribution in [2.24, 2.45) is 0 Å². The summed E-state index contributed by atoms with van der Waals surface area (Å²) in [5.41, 5.74) is 1.53. The van der Waals surface area contributed by atoms with Gasteiger partial charge in [-0.2, -0.15) is 0 Å². The van der Waals surface area contributed by atoms with Crippen molar-refractivity contribution < 1.29 is 4.79 Å². The highest BCUT2D eigenvalue weighted by molar-refractivity contribution is 7.09. The third kappa shape index (κ3) is 3.58. The van der Waals surface area contributed by atoms with Crippen LogP contribution in [0, 0.1) is 0 Å². The zero-order valence-corrected chi connectivity index (χ0v) is 12.0. The average Bonchev–Trinajstić information content (AvgIpc) is 2.91. The van der Waals surface area contributed by atoms with Crippen LogP contribution in [-0.4, -0.2) is 19.0 Å². The molecule has 1 aromatic heterocycles. The molecule has 1 atom stereocenters. The number of hydrogen-bond donors (Lipinski definition) is 2. The Hall–Kier alpha value is -1.81. The molecule has 2 aromatic rings. The van der Waals surface area contributed by atoms with E-state index in [9.17, 15) is 4.79 Å². The first-order valence-corrected chi connectivity index (χ1v) is 7.18. The highest BCUT2D eigenvalue weighted by Gasteiger charge is 2.13. The molecule has 0 aliphatic carbocycles. The summed E-state index contributed by atoms with van der Waals surface area (Å²) in [5, 5.41) is 8.13. The predicted octanol–water partition coefficient (Wildman–Crippen LogP) is 3.15. The Morgan fingerprint density at radius 3 is 2.74 bits per heavy atom. The van der Waals surface area contributed by atoms with Gasteiger partial charge in [0.1, 0.15) is 0 Å². The summed E-state index contributed by atoms with van der Waals surface area (Å²) in [6.07, 6.45) is 0.866. The largest absolute Gasteiger partial charge is 0.387 e. The number of benzene rings is 1. The Morgan fingerprint density at radius 2 is 2.05 bits per heavy atom. The lowest BCUT2D eigenvalue weighted by atomic mass is 10.1. The van der Waals surface area contributed by atoms with Crippen LogP contribution < -0.4 is 10.6 Å². The Kier molecular flexibility index (Phi) is 4.58. The summed E-state index contributed by atoms with van der Waals surface area (Å²) in [6, 6.07) is 11.8. The summed E-state index contributed by atoms with van der Waals surface area (Å²) in [6.45, 7) is 2.03. The second-order valence-electron chi connectivity index (χ2n) is 4.45. The number of thiophene rings is 1. The average molecular weight is 274 g/mol. The molecule has 1 unspecified atom stereocenters. The molecule has 1 heterocycles. The molecule has 0 radical (unpaired) electrons. The van der Waals surface area contributed by atoms with Crippen LogP contribution in [0.15, 0.2) is 41.8 Å². The highest BCUT2D eigenvalue weighted by atomic mass is 32.1. The van der Waals surface area contributed by atoms with Crippen LogP contribution in [0.3, 0.4) is 0 Å². The van der Waals surface area contributed by atoms with Crippen molar-refractivity contribution in [1.29, 1.82) is 0 Å². The minimum atomic E-state index is -0.0333. The van der Waals surface area contributed by atoms with Crippen molar-refractivity contribution in [2.45, 2.75) is 19.4 Å². The third-order valence-electron chi connectivity index (χ3n) is 2.91. The maximum atomic E-state index is 12.2. The van der Waals surface area contributed by atoms with Gasteiger partial charge in [0.15, 0.2) is 0 Å². The smallest absolute Gasteiger partial charge is 0.253 e. The molecule has 19 heavy (non-hydrogen) atoms. The van der Waals surface area contributed by atoms with Gasteiger partial charge >= 0.3 is 0 Å². The second kappa shape index (κ2) is 6.38. The normalized spacial score (nSPS) is 11.9. The van der Waals surface area contributed by atoms with Crippen LogP contribution >= 0.6 is 11.3 Å². The van der Waals surface area contributed by atoms with Crippen LogP contribution in [0.5, 0.6) is 0 Å². The molecule has 2 N–H and O–H groups in total. The van der Waals surface area contributed by atoms with Crippen LogP contribution in [0.1, 0.15) is 22.2 Å². The lowest BCUT2D eigenvalue weighted by Gasteiger charge is -2.15. The zero-order chi connectivity index (χ0) is 13.7. The van der Waals surface area contributed by atoms with Crippen molar-refractivity contribution in [2.75, 3.05) is 12.4 Å². The summed E-state index contributed by atoms with van der Waals surface area (Å²) < 4.78 is 0. The van der Waals surface area contributed by atoms with E-state index in [1.807, 2.05) is 44.3 Å². The summed E-state index contributed by atoms with van der Waals surface area (Å²) in [5.74, 6) is -0.0333. The fourth-order valence-electron chi connectivity index (χ4n) is 1.98. The maximum absolute atomic E-state index is 12.2. The molecule has 0 saturated heterocycles. The molecule has 0 spiro atoms. The topological polar surface area (TPSA) is 41.1 Å². The van der Waals surface area contributed by atoms with E-state index in [2.05, 4.69) is 22.1 Å². The lowest BCUT2D eigenvalue weighted by Crippen LogP contribution is -2.34. The van der Waals surface area contributed by atoms with E-state index < -0.39 is 0 Å². The first-order chi connectivity index (χ1) is 9.20. The summed E-state index contributed by atoms with van der Waals surface area (Å²) >= 11 is 1.72. The number of carbonyl (C=O) groups is 1. The fourth-order valence-corrected chi connectivity index (χ4v) is 2.82. The number of carbonyl (C=O) groups excluding carboxylic acids is 1. The summed E-state index contributed by atoms with van der Waals surface area (Å²) in [4.78, 5) is 13.5. The number of nitrogens with one attached hydrogen (secondary N) is 2. The fraction of sp³-hybridized carbons (Fsp3) is 0.267. The van der Waals surface area contributed by atoms with E-state index in [-0.39, 0.29) is 11.9 Å². The number of para-hydroxylation sites is 1.